The van der Waals surface area contributed by atoms with E-state index < -0.39 is 0 Å². The molecule has 1 aromatic carbocycles. The number of benzene rings is 1. The van der Waals surface area contributed by atoms with Crippen LogP contribution < -0.4 is 9.47 Å². The number of rotatable bonds is 4. The smallest absolute Gasteiger partial charge is 0.231 e. The van der Waals surface area contributed by atoms with Gasteiger partial charge in [-0.15, -0.1) is 11.3 Å². The van der Waals surface area contributed by atoms with Gasteiger partial charge in [-0.25, -0.2) is 0 Å². The van der Waals surface area contributed by atoms with E-state index in [0.29, 0.717) is 20.0 Å². The maximum absolute atomic E-state index is 5.67. The molecule has 0 amide bonds. The molecule has 94 valence electrons. The summed E-state index contributed by atoms with van der Waals surface area (Å²) in [5.41, 5.74) is 1.09. The lowest BCUT2D eigenvalue weighted by Crippen LogP contribution is -1.93. The van der Waals surface area contributed by atoms with E-state index in [1.165, 1.54) is 4.88 Å². The molecule has 0 spiro atoms. The highest BCUT2D eigenvalue weighted by Gasteiger charge is 2.13. The summed E-state index contributed by atoms with van der Waals surface area (Å²) in [6.45, 7) is 1.51. The van der Waals surface area contributed by atoms with E-state index in [1.807, 2.05) is 24.3 Å². The van der Waals surface area contributed by atoms with Gasteiger partial charge in [0.05, 0.1) is 17.0 Å². The van der Waals surface area contributed by atoms with E-state index in [9.17, 15) is 0 Å². The highest BCUT2D eigenvalue weighted by Crippen LogP contribution is 2.32. The molecule has 0 fully saturated rings. The predicted octanol–water partition coefficient (Wildman–Crippen LogP) is 3.96. The molecule has 0 radical (unpaired) electrons. The predicted molar refractivity (Wildman–Crippen MR) is 73.1 cm³/mol. The number of hydrogen-bond acceptors (Lipinski definition) is 4. The minimum Gasteiger partial charge on any atom is -0.454 e. The van der Waals surface area contributed by atoms with Crippen molar-refractivity contribution in [2.75, 3.05) is 6.79 Å². The van der Waals surface area contributed by atoms with E-state index in [-0.39, 0.29) is 0 Å². The van der Waals surface area contributed by atoms with Gasteiger partial charge in [-0.1, -0.05) is 6.07 Å². The molecule has 0 N–H and O–H groups in total. The van der Waals surface area contributed by atoms with Crippen molar-refractivity contribution in [3.05, 3.63) is 44.6 Å². The van der Waals surface area contributed by atoms with Crippen LogP contribution in [0.4, 0.5) is 0 Å². The highest BCUT2D eigenvalue weighted by molar-refractivity contribution is 9.11. The van der Waals surface area contributed by atoms with Crippen molar-refractivity contribution in [2.24, 2.45) is 0 Å². The molecule has 0 atom stereocenters. The highest BCUT2D eigenvalue weighted by atomic mass is 79.9. The molecular weight excluding hydrogens is 316 g/mol. The Morgan fingerprint density at radius 2 is 2.00 bits per heavy atom. The molecule has 0 aliphatic carbocycles. The Bertz CT molecular complexity index is 553. The van der Waals surface area contributed by atoms with Crippen molar-refractivity contribution in [1.82, 2.24) is 0 Å². The number of fused-ring (bicyclic) bond motifs is 1. The number of ether oxygens (including phenoxy) is 3. The number of halogens is 1. The second-order valence-corrected chi connectivity index (χ2v) is 6.43. The summed E-state index contributed by atoms with van der Waals surface area (Å²) in [4.78, 5) is 1.21. The Morgan fingerprint density at radius 1 is 1.11 bits per heavy atom. The topological polar surface area (TPSA) is 27.7 Å². The molecule has 3 nitrogen and oxygen atoms in total. The van der Waals surface area contributed by atoms with Crippen LogP contribution >= 0.6 is 27.3 Å². The van der Waals surface area contributed by atoms with E-state index >= 15 is 0 Å². The summed E-state index contributed by atoms with van der Waals surface area (Å²) < 4.78 is 17.4. The van der Waals surface area contributed by atoms with Crippen LogP contribution in [0.3, 0.4) is 0 Å². The number of thiophene rings is 1. The van der Waals surface area contributed by atoms with Gasteiger partial charge in [0.25, 0.3) is 0 Å². The summed E-state index contributed by atoms with van der Waals surface area (Å²) in [6.07, 6.45) is 0. The molecule has 1 aliphatic heterocycles. The Hall–Kier alpha value is -1.04. The fraction of sp³-hybridized carbons (Fsp3) is 0.231. The standard InChI is InChI=1S/C13H11BrO3S/c14-13-4-2-10(18-13)7-15-6-9-1-3-11-12(5-9)17-8-16-11/h1-5H,6-8H2. The van der Waals surface area contributed by atoms with Crippen LogP contribution in [-0.4, -0.2) is 6.79 Å². The summed E-state index contributed by atoms with van der Waals surface area (Å²) in [5, 5.41) is 0. The SMILES string of the molecule is Brc1ccc(COCc2ccc3c(c2)OCO3)s1. The Kier molecular flexibility index (Phi) is 3.54. The maximum atomic E-state index is 5.67. The first-order valence-corrected chi connectivity index (χ1v) is 7.13. The van der Waals surface area contributed by atoms with Crippen LogP contribution in [0.1, 0.15) is 10.4 Å². The monoisotopic (exact) mass is 326 g/mol. The van der Waals surface area contributed by atoms with Gasteiger partial charge in [-0.3, -0.25) is 0 Å². The molecule has 2 heterocycles. The lowest BCUT2D eigenvalue weighted by molar-refractivity contribution is 0.109. The van der Waals surface area contributed by atoms with Crippen LogP contribution in [0.5, 0.6) is 11.5 Å². The number of hydrogen-bond donors (Lipinski definition) is 0. The van der Waals surface area contributed by atoms with E-state index in [2.05, 4.69) is 22.0 Å². The van der Waals surface area contributed by atoms with Crippen molar-refractivity contribution in [3.63, 3.8) is 0 Å². The summed E-state index contributed by atoms with van der Waals surface area (Å²) in [5.74, 6) is 1.61. The van der Waals surface area contributed by atoms with Crippen LogP contribution in [-0.2, 0) is 18.0 Å². The average Bonchev–Trinajstić information content (AvgIpc) is 2.97. The third-order valence-corrected chi connectivity index (χ3v) is 4.18. The van der Waals surface area contributed by atoms with Crippen molar-refractivity contribution < 1.29 is 14.2 Å². The Labute approximate surface area is 117 Å². The average molecular weight is 327 g/mol. The minimum absolute atomic E-state index is 0.308. The minimum atomic E-state index is 0.308. The molecule has 3 rings (SSSR count). The van der Waals surface area contributed by atoms with Gasteiger partial charge in [-0.2, -0.15) is 0 Å². The Balaban J connectivity index is 1.57. The molecule has 5 heteroatoms. The van der Waals surface area contributed by atoms with Crippen molar-refractivity contribution >= 4 is 27.3 Å². The van der Waals surface area contributed by atoms with E-state index in [0.717, 1.165) is 20.8 Å². The van der Waals surface area contributed by atoms with Crippen molar-refractivity contribution in [1.29, 1.82) is 0 Å². The van der Waals surface area contributed by atoms with Crippen molar-refractivity contribution in [2.45, 2.75) is 13.2 Å². The molecule has 0 bridgehead atoms. The molecule has 18 heavy (non-hydrogen) atoms. The summed E-state index contributed by atoms with van der Waals surface area (Å²) >= 11 is 5.13. The zero-order valence-electron chi connectivity index (χ0n) is 9.52. The third kappa shape index (κ3) is 2.68. The van der Waals surface area contributed by atoms with Gasteiger partial charge in [0, 0.05) is 4.88 Å². The molecule has 1 aliphatic rings. The van der Waals surface area contributed by atoms with Crippen LogP contribution in [0.15, 0.2) is 34.1 Å². The largest absolute Gasteiger partial charge is 0.454 e. The first-order valence-electron chi connectivity index (χ1n) is 5.52. The van der Waals surface area contributed by atoms with Gasteiger partial charge < -0.3 is 14.2 Å². The van der Waals surface area contributed by atoms with E-state index in [4.69, 9.17) is 14.2 Å². The normalized spacial score (nSPS) is 12.9. The maximum Gasteiger partial charge on any atom is 0.231 e. The van der Waals surface area contributed by atoms with Crippen molar-refractivity contribution in [3.8, 4) is 11.5 Å². The van der Waals surface area contributed by atoms with Crippen LogP contribution in [0, 0.1) is 0 Å². The first kappa shape index (κ1) is 12.0. The van der Waals surface area contributed by atoms with Gasteiger partial charge in [0.15, 0.2) is 11.5 Å². The van der Waals surface area contributed by atoms with Gasteiger partial charge in [0.2, 0.25) is 6.79 Å². The lowest BCUT2D eigenvalue weighted by atomic mass is 10.2. The molecule has 0 saturated heterocycles. The first-order chi connectivity index (χ1) is 8.81. The third-order valence-electron chi connectivity index (χ3n) is 2.58. The van der Waals surface area contributed by atoms with Gasteiger partial charge in [-0.05, 0) is 45.8 Å². The second kappa shape index (κ2) is 5.30. The van der Waals surface area contributed by atoms with Gasteiger partial charge in [0.1, 0.15) is 0 Å². The zero-order valence-corrected chi connectivity index (χ0v) is 11.9. The molecule has 0 unspecified atom stereocenters. The zero-order chi connectivity index (χ0) is 12.4. The van der Waals surface area contributed by atoms with E-state index in [1.54, 1.807) is 11.3 Å². The molecule has 0 saturated carbocycles. The molecule has 1 aromatic heterocycles. The molecule has 2 aromatic rings. The molecular formula is C13H11BrO3S. The summed E-state index contributed by atoms with van der Waals surface area (Å²) in [7, 11) is 0. The van der Waals surface area contributed by atoms with Gasteiger partial charge >= 0.3 is 0 Å². The lowest BCUT2D eigenvalue weighted by Gasteiger charge is -2.04. The quantitative estimate of drug-likeness (QED) is 0.851. The Morgan fingerprint density at radius 3 is 2.83 bits per heavy atom. The fourth-order valence-corrected chi connectivity index (χ4v) is 3.15. The summed E-state index contributed by atoms with van der Waals surface area (Å²) in [6, 6.07) is 9.98. The van der Waals surface area contributed by atoms with Crippen LogP contribution in [0.25, 0.3) is 0 Å². The van der Waals surface area contributed by atoms with Crippen LogP contribution in [0.2, 0.25) is 0 Å². The second-order valence-electron chi connectivity index (χ2n) is 3.89. The fourth-order valence-electron chi connectivity index (χ4n) is 1.73.